The second kappa shape index (κ2) is 7.64. The molecule has 1 N–H and O–H groups in total. The lowest BCUT2D eigenvalue weighted by molar-refractivity contribution is 0.503. The van der Waals surface area contributed by atoms with Crippen LogP contribution in [-0.2, 0) is 24.3 Å². The SMILES string of the molecule is CC.Cn1c2c(c3cc(S(=O)c4cccc5cnccc45)ccc31)C1CCC(C2)N1. The highest BCUT2D eigenvalue weighted by molar-refractivity contribution is 7.85. The van der Waals surface area contributed by atoms with Crippen molar-refractivity contribution in [1.29, 1.82) is 0 Å². The molecule has 1 saturated heterocycles. The monoisotopic (exact) mass is 417 g/mol. The van der Waals surface area contributed by atoms with E-state index in [0.717, 1.165) is 27.0 Å². The first-order chi connectivity index (χ1) is 14.7. The Bertz CT molecular complexity index is 1270. The largest absolute Gasteiger partial charge is 0.347 e. The van der Waals surface area contributed by atoms with Gasteiger partial charge < -0.3 is 9.88 Å². The Morgan fingerprint density at radius 1 is 1.10 bits per heavy atom. The summed E-state index contributed by atoms with van der Waals surface area (Å²) in [4.78, 5) is 5.91. The van der Waals surface area contributed by atoms with E-state index in [4.69, 9.17) is 0 Å². The summed E-state index contributed by atoms with van der Waals surface area (Å²) in [5, 5.41) is 7.04. The summed E-state index contributed by atoms with van der Waals surface area (Å²) in [5.41, 5.74) is 4.11. The number of fused-ring (bicyclic) bond motifs is 7. The lowest BCUT2D eigenvalue weighted by Gasteiger charge is -2.23. The van der Waals surface area contributed by atoms with Crippen LogP contribution in [0.15, 0.2) is 64.6 Å². The van der Waals surface area contributed by atoms with Crippen LogP contribution in [0.25, 0.3) is 21.7 Å². The lowest BCUT2D eigenvalue weighted by Crippen LogP contribution is -2.32. The summed E-state index contributed by atoms with van der Waals surface area (Å²) in [7, 11) is 0.938. The standard InChI is InChI=1S/C23H21N3OS.C2H6/c1-26-20-8-6-16(12-18(20)23-19-7-5-15(25-19)11-21(23)26)28(27)22-4-2-3-14-13-24-10-9-17(14)22;1-2/h2-4,6,8-10,12-13,15,19,25H,5,7,11H2,1H3;1-2H3. The minimum Gasteiger partial charge on any atom is -0.347 e. The summed E-state index contributed by atoms with van der Waals surface area (Å²) in [6, 6.07) is 15.3. The second-order valence-corrected chi connectivity index (χ2v) is 9.37. The van der Waals surface area contributed by atoms with Crippen molar-refractivity contribution in [3.05, 3.63) is 66.1 Å². The van der Waals surface area contributed by atoms with E-state index in [1.165, 1.54) is 35.0 Å². The Kier molecular flexibility index (Phi) is 4.95. The fourth-order valence-electron chi connectivity index (χ4n) is 5.08. The van der Waals surface area contributed by atoms with Crippen LogP contribution in [0.2, 0.25) is 0 Å². The molecule has 154 valence electrons. The third-order valence-corrected chi connectivity index (χ3v) is 7.86. The minimum atomic E-state index is -1.23. The van der Waals surface area contributed by atoms with Crippen LogP contribution < -0.4 is 5.32 Å². The normalized spacial score (nSPS) is 20.6. The molecule has 30 heavy (non-hydrogen) atoms. The maximum absolute atomic E-state index is 13.5. The molecule has 3 unspecified atom stereocenters. The van der Waals surface area contributed by atoms with Gasteiger partial charge in [0.05, 0.1) is 15.7 Å². The number of hydrogen-bond acceptors (Lipinski definition) is 3. The molecular weight excluding hydrogens is 390 g/mol. The number of hydrogen-bond donors (Lipinski definition) is 1. The van der Waals surface area contributed by atoms with Crippen LogP contribution in [0.1, 0.15) is 44.0 Å². The molecule has 0 saturated carbocycles. The first-order valence-corrected chi connectivity index (χ1v) is 12.0. The molecule has 2 aromatic carbocycles. The van der Waals surface area contributed by atoms with Crippen LogP contribution in [-0.4, -0.2) is 19.8 Å². The highest BCUT2D eigenvalue weighted by Crippen LogP contribution is 2.42. The lowest BCUT2D eigenvalue weighted by atomic mass is 9.99. The number of aromatic nitrogens is 2. The highest BCUT2D eigenvalue weighted by atomic mass is 32.2. The molecule has 2 aromatic heterocycles. The van der Waals surface area contributed by atoms with Crippen molar-refractivity contribution in [1.82, 2.24) is 14.9 Å². The summed E-state index contributed by atoms with van der Waals surface area (Å²) in [6.07, 6.45) is 7.12. The van der Waals surface area contributed by atoms with E-state index in [1.54, 1.807) is 6.20 Å². The van der Waals surface area contributed by atoms with E-state index in [9.17, 15) is 4.21 Å². The molecule has 0 aliphatic carbocycles. The zero-order valence-electron chi connectivity index (χ0n) is 17.7. The third kappa shape index (κ3) is 2.91. The van der Waals surface area contributed by atoms with Crippen LogP contribution in [0.5, 0.6) is 0 Å². The first kappa shape index (κ1) is 19.5. The van der Waals surface area contributed by atoms with Crippen molar-refractivity contribution in [3.8, 4) is 0 Å². The molecule has 5 heteroatoms. The van der Waals surface area contributed by atoms with Crippen LogP contribution >= 0.6 is 0 Å². The molecule has 1 fully saturated rings. The first-order valence-electron chi connectivity index (χ1n) is 10.8. The number of aryl methyl sites for hydroxylation is 1. The van der Waals surface area contributed by atoms with Gasteiger partial charge in [-0.05, 0) is 48.7 Å². The Labute approximate surface area is 179 Å². The molecule has 2 aliphatic rings. The molecule has 2 bridgehead atoms. The molecule has 4 nitrogen and oxygen atoms in total. The number of pyridine rings is 1. The molecule has 0 spiro atoms. The Morgan fingerprint density at radius 2 is 1.97 bits per heavy atom. The second-order valence-electron chi connectivity index (χ2n) is 7.92. The van der Waals surface area contributed by atoms with Crippen molar-refractivity contribution in [2.45, 2.75) is 55.0 Å². The molecule has 2 aliphatic heterocycles. The average Bonchev–Trinajstić information content (AvgIpc) is 3.32. The van der Waals surface area contributed by atoms with Gasteiger partial charge in [-0.3, -0.25) is 4.98 Å². The van der Waals surface area contributed by atoms with Gasteiger partial charge in [-0.2, -0.15) is 0 Å². The number of nitrogens with one attached hydrogen (secondary N) is 1. The van der Waals surface area contributed by atoms with Gasteiger partial charge in [-0.25, -0.2) is 4.21 Å². The van der Waals surface area contributed by atoms with Gasteiger partial charge in [0, 0.05) is 70.2 Å². The zero-order valence-corrected chi connectivity index (χ0v) is 18.5. The minimum absolute atomic E-state index is 0.435. The van der Waals surface area contributed by atoms with Crippen molar-refractivity contribution in [3.63, 3.8) is 0 Å². The number of nitrogens with zero attached hydrogens (tertiary/aromatic N) is 2. The van der Waals surface area contributed by atoms with Gasteiger partial charge in [0.25, 0.3) is 0 Å². The molecule has 3 atom stereocenters. The maximum atomic E-state index is 13.5. The number of rotatable bonds is 2. The summed E-state index contributed by atoms with van der Waals surface area (Å²) in [5.74, 6) is 0. The quantitative estimate of drug-likeness (QED) is 0.483. The Balaban J connectivity index is 0.000000937. The van der Waals surface area contributed by atoms with E-state index < -0.39 is 10.8 Å². The van der Waals surface area contributed by atoms with Gasteiger partial charge in [0.2, 0.25) is 0 Å². The highest BCUT2D eigenvalue weighted by Gasteiger charge is 2.35. The molecule has 6 rings (SSSR count). The van der Waals surface area contributed by atoms with Crippen molar-refractivity contribution >= 4 is 32.5 Å². The molecule has 4 heterocycles. The van der Waals surface area contributed by atoms with Crippen LogP contribution in [0.3, 0.4) is 0 Å². The van der Waals surface area contributed by atoms with E-state index in [2.05, 4.69) is 34.0 Å². The summed E-state index contributed by atoms with van der Waals surface area (Å²) >= 11 is 0. The summed E-state index contributed by atoms with van der Waals surface area (Å²) in [6.45, 7) is 4.00. The van der Waals surface area contributed by atoms with Gasteiger partial charge in [0.1, 0.15) is 0 Å². The predicted octanol–water partition coefficient (Wildman–Crippen LogP) is 5.27. The Morgan fingerprint density at radius 3 is 2.83 bits per heavy atom. The van der Waals surface area contributed by atoms with E-state index in [0.29, 0.717) is 12.1 Å². The molecule has 4 aromatic rings. The average molecular weight is 418 g/mol. The predicted molar refractivity (Wildman–Crippen MR) is 123 cm³/mol. The van der Waals surface area contributed by atoms with Crippen molar-refractivity contribution in [2.75, 3.05) is 0 Å². The Hall–Kier alpha value is -2.50. The van der Waals surface area contributed by atoms with Gasteiger partial charge in [-0.1, -0.05) is 26.0 Å². The van der Waals surface area contributed by atoms with Crippen LogP contribution in [0, 0.1) is 0 Å². The van der Waals surface area contributed by atoms with E-state index in [-0.39, 0.29) is 0 Å². The van der Waals surface area contributed by atoms with Gasteiger partial charge >= 0.3 is 0 Å². The smallest absolute Gasteiger partial charge is 0.0856 e. The topological polar surface area (TPSA) is 46.9 Å². The van der Waals surface area contributed by atoms with Crippen LogP contribution in [0.4, 0.5) is 0 Å². The maximum Gasteiger partial charge on any atom is 0.0856 e. The fraction of sp³-hybridized carbons (Fsp3) is 0.320. The van der Waals surface area contributed by atoms with Gasteiger partial charge in [0.15, 0.2) is 0 Å². The van der Waals surface area contributed by atoms with Gasteiger partial charge in [-0.15, -0.1) is 0 Å². The molecular formula is C25H27N3OS. The van der Waals surface area contributed by atoms with E-state index >= 15 is 0 Å². The third-order valence-electron chi connectivity index (χ3n) is 6.42. The fourth-order valence-corrected chi connectivity index (χ4v) is 6.34. The number of benzene rings is 2. The molecule has 0 amide bonds. The van der Waals surface area contributed by atoms with E-state index in [1.807, 2.05) is 50.4 Å². The summed E-state index contributed by atoms with van der Waals surface area (Å²) < 4.78 is 15.8. The van der Waals surface area contributed by atoms with Crippen molar-refractivity contribution < 1.29 is 4.21 Å². The zero-order chi connectivity index (χ0) is 20.8. The van der Waals surface area contributed by atoms with Crippen molar-refractivity contribution in [2.24, 2.45) is 7.05 Å². The molecule has 0 radical (unpaired) electrons.